The summed E-state index contributed by atoms with van der Waals surface area (Å²) in [5.74, 6) is 1.76. The number of rotatable bonds is 7. The maximum absolute atomic E-state index is 5.44. The van der Waals surface area contributed by atoms with Gasteiger partial charge in [-0.2, -0.15) is 0 Å². The highest BCUT2D eigenvalue weighted by Gasteiger charge is 2.41. The molecule has 1 aliphatic rings. The third-order valence-corrected chi connectivity index (χ3v) is 3.88. The van der Waals surface area contributed by atoms with Gasteiger partial charge in [-0.05, 0) is 38.4 Å². The van der Waals surface area contributed by atoms with E-state index >= 15 is 0 Å². The SMILES string of the molecule is CNCC1(CNc2cc(OC)c(C)cc2OC)CC1. The highest BCUT2D eigenvalue weighted by Crippen LogP contribution is 2.45. The fraction of sp³-hybridized carbons (Fsp3) is 0.600. The van der Waals surface area contributed by atoms with Crippen molar-refractivity contribution in [2.75, 3.05) is 39.7 Å². The first kappa shape index (κ1) is 14.0. The van der Waals surface area contributed by atoms with Crippen LogP contribution >= 0.6 is 0 Å². The second-order valence-corrected chi connectivity index (χ2v) is 5.41. The summed E-state index contributed by atoms with van der Waals surface area (Å²) in [6.07, 6.45) is 2.57. The first-order chi connectivity index (χ1) is 9.14. The van der Waals surface area contributed by atoms with E-state index in [0.29, 0.717) is 5.41 Å². The molecule has 0 aliphatic heterocycles. The van der Waals surface area contributed by atoms with Gasteiger partial charge in [0.2, 0.25) is 0 Å². The van der Waals surface area contributed by atoms with Crippen molar-refractivity contribution in [3.63, 3.8) is 0 Å². The predicted molar refractivity (Wildman–Crippen MR) is 78.4 cm³/mol. The van der Waals surface area contributed by atoms with Crippen molar-refractivity contribution in [1.29, 1.82) is 0 Å². The van der Waals surface area contributed by atoms with Gasteiger partial charge in [-0.3, -0.25) is 0 Å². The average Bonchev–Trinajstić information content (AvgIpc) is 3.17. The van der Waals surface area contributed by atoms with Crippen LogP contribution in [0.25, 0.3) is 0 Å². The molecule has 1 fully saturated rings. The number of benzene rings is 1. The third kappa shape index (κ3) is 3.13. The predicted octanol–water partition coefficient (Wildman–Crippen LogP) is 2.42. The lowest BCUT2D eigenvalue weighted by molar-refractivity contribution is 0.401. The number of hydrogen-bond donors (Lipinski definition) is 2. The van der Waals surface area contributed by atoms with Crippen molar-refractivity contribution >= 4 is 5.69 Å². The molecule has 0 heterocycles. The Balaban J connectivity index is 2.10. The normalized spacial score (nSPS) is 16.0. The number of hydrogen-bond acceptors (Lipinski definition) is 4. The number of aryl methyl sites for hydroxylation is 1. The molecular formula is C15H24N2O2. The minimum Gasteiger partial charge on any atom is -0.496 e. The molecule has 1 aliphatic carbocycles. The summed E-state index contributed by atoms with van der Waals surface area (Å²) in [7, 11) is 5.41. The number of methoxy groups -OCH3 is 2. The Morgan fingerprint density at radius 2 is 1.79 bits per heavy atom. The molecule has 0 unspecified atom stereocenters. The van der Waals surface area contributed by atoms with Crippen molar-refractivity contribution in [2.24, 2.45) is 5.41 Å². The maximum Gasteiger partial charge on any atom is 0.142 e. The minimum atomic E-state index is 0.415. The Morgan fingerprint density at radius 3 is 2.32 bits per heavy atom. The van der Waals surface area contributed by atoms with Crippen LogP contribution in [0.2, 0.25) is 0 Å². The first-order valence-electron chi connectivity index (χ1n) is 6.75. The average molecular weight is 264 g/mol. The van der Waals surface area contributed by atoms with E-state index in [9.17, 15) is 0 Å². The molecule has 0 radical (unpaired) electrons. The summed E-state index contributed by atoms with van der Waals surface area (Å²) in [6.45, 7) is 4.05. The molecular weight excluding hydrogens is 240 g/mol. The molecule has 2 N–H and O–H groups in total. The van der Waals surface area contributed by atoms with Gasteiger partial charge in [0.05, 0.1) is 19.9 Å². The standard InChI is InChI=1S/C15H24N2O2/c1-11-7-14(19-4)12(8-13(11)18-3)17-10-15(5-6-15)9-16-2/h7-8,16-17H,5-6,9-10H2,1-4H3. The van der Waals surface area contributed by atoms with Crippen molar-refractivity contribution in [2.45, 2.75) is 19.8 Å². The molecule has 0 spiro atoms. The fourth-order valence-corrected chi connectivity index (χ4v) is 2.44. The fourth-order valence-electron chi connectivity index (χ4n) is 2.44. The van der Waals surface area contributed by atoms with Crippen LogP contribution in [0.15, 0.2) is 12.1 Å². The quantitative estimate of drug-likeness (QED) is 0.793. The van der Waals surface area contributed by atoms with E-state index in [0.717, 1.165) is 35.8 Å². The molecule has 0 saturated heterocycles. The second-order valence-electron chi connectivity index (χ2n) is 5.41. The molecule has 1 aromatic carbocycles. The van der Waals surface area contributed by atoms with Gasteiger partial charge >= 0.3 is 0 Å². The van der Waals surface area contributed by atoms with E-state index in [1.807, 2.05) is 26.1 Å². The van der Waals surface area contributed by atoms with Crippen LogP contribution in [-0.2, 0) is 0 Å². The summed E-state index contributed by atoms with van der Waals surface area (Å²) < 4.78 is 10.8. The largest absolute Gasteiger partial charge is 0.496 e. The van der Waals surface area contributed by atoms with Crippen LogP contribution in [0.5, 0.6) is 11.5 Å². The highest BCUT2D eigenvalue weighted by molar-refractivity contribution is 5.62. The lowest BCUT2D eigenvalue weighted by atomic mass is 10.1. The van der Waals surface area contributed by atoms with Gasteiger partial charge in [0.15, 0.2) is 0 Å². The van der Waals surface area contributed by atoms with Crippen LogP contribution in [0.4, 0.5) is 5.69 Å². The Kier molecular flexibility index (Phi) is 4.20. The van der Waals surface area contributed by atoms with E-state index in [1.165, 1.54) is 12.8 Å². The van der Waals surface area contributed by atoms with Crippen LogP contribution < -0.4 is 20.1 Å². The van der Waals surface area contributed by atoms with Crippen LogP contribution in [0.1, 0.15) is 18.4 Å². The van der Waals surface area contributed by atoms with E-state index in [-0.39, 0.29) is 0 Å². The van der Waals surface area contributed by atoms with Crippen LogP contribution in [-0.4, -0.2) is 34.4 Å². The monoisotopic (exact) mass is 264 g/mol. The molecule has 4 nitrogen and oxygen atoms in total. The molecule has 2 rings (SSSR count). The van der Waals surface area contributed by atoms with Gasteiger partial charge in [-0.15, -0.1) is 0 Å². The Labute approximate surface area is 115 Å². The van der Waals surface area contributed by atoms with Crippen molar-refractivity contribution in [3.05, 3.63) is 17.7 Å². The molecule has 106 valence electrons. The lowest BCUT2D eigenvalue weighted by Gasteiger charge is -2.19. The van der Waals surface area contributed by atoms with Crippen LogP contribution in [0, 0.1) is 12.3 Å². The summed E-state index contributed by atoms with van der Waals surface area (Å²) in [5, 5.41) is 6.78. The van der Waals surface area contributed by atoms with Crippen LogP contribution in [0.3, 0.4) is 0 Å². The van der Waals surface area contributed by atoms with E-state index in [2.05, 4.69) is 10.6 Å². The Bertz CT molecular complexity index is 442. The highest BCUT2D eigenvalue weighted by atomic mass is 16.5. The van der Waals surface area contributed by atoms with Crippen molar-refractivity contribution in [1.82, 2.24) is 5.32 Å². The number of anilines is 1. The van der Waals surface area contributed by atoms with Gasteiger partial charge in [0.1, 0.15) is 11.5 Å². The van der Waals surface area contributed by atoms with Gasteiger partial charge in [0, 0.05) is 24.6 Å². The Hall–Kier alpha value is -1.42. The molecule has 0 amide bonds. The maximum atomic E-state index is 5.44. The zero-order valence-corrected chi connectivity index (χ0v) is 12.3. The smallest absolute Gasteiger partial charge is 0.142 e. The lowest BCUT2D eigenvalue weighted by Crippen LogP contribution is -2.26. The van der Waals surface area contributed by atoms with Gasteiger partial charge in [-0.1, -0.05) is 0 Å². The van der Waals surface area contributed by atoms with Gasteiger partial charge < -0.3 is 20.1 Å². The summed E-state index contributed by atoms with van der Waals surface area (Å²) >= 11 is 0. The second kappa shape index (κ2) is 5.70. The van der Waals surface area contributed by atoms with Gasteiger partial charge in [-0.25, -0.2) is 0 Å². The summed E-state index contributed by atoms with van der Waals surface area (Å²) in [5.41, 5.74) is 2.51. The van der Waals surface area contributed by atoms with Crippen molar-refractivity contribution in [3.8, 4) is 11.5 Å². The number of nitrogens with one attached hydrogen (secondary N) is 2. The summed E-state index contributed by atoms with van der Waals surface area (Å²) in [6, 6.07) is 4.03. The van der Waals surface area contributed by atoms with Gasteiger partial charge in [0.25, 0.3) is 0 Å². The Morgan fingerprint density at radius 1 is 1.11 bits per heavy atom. The van der Waals surface area contributed by atoms with E-state index in [4.69, 9.17) is 9.47 Å². The van der Waals surface area contributed by atoms with E-state index in [1.54, 1.807) is 14.2 Å². The topological polar surface area (TPSA) is 42.5 Å². The molecule has 0 aromatic heterocycles. The van der Waals surface area contributed by atoms with Crippen molar-refractivity contribution < 1.29 is 9.47 Å². The third-order valence-electron chi connectivity index (χ3n) is 3.88. The number of ether oxygens (including phenoxy) is 2. The zero-order chi connectivity index (χ0) is 13.9. The minimum absolute atomic E-state index is 0.415. The molecule has 4 heteroatoms. The molecule has 0 atom stereocenters. The molecule has 0 bridgehead atoms. The molecule has 1 aromatic rings. The van der Waals surface area contributed by atoms with E-state index < -0.39 is 0 Å². The zero-order valence-electron chi connectivity index (χ0n) is 12.3. The first-order valence-corrected chi connectivity index (χ1v) is 6.75. The molecule has 19 heavy (non-hydrogen) atoms. The summed E-state index contributed by atoms with van der Waals surface area (Å²) in [4.78, 5) is 0. The molecule has 1 saturated carbocycles.